The molecular weight excluding hydrogens is 442 g/mol. The average molecular weight is 458 g/mol. The van der Waals surface area contributed by atoms with E-state index in [2.05, 4.69) is 19.7 Å². The maximum atomic E-state index is 12.8. The van der Waals surface area contributed by atoms with Gasteiger partial charge in [0.1, 0.15) is 11.3 Å². The van der Waals surface area contributed by atoms with E-state index >= 15 is 0 Å². The van der Waals surface area contributed by atoms with Crippen LogP contribution in [0.2, 0.25) is 5.02 Å². The van der Waals surface area contributed by atoms with Gasteiger partial charge in [-0.3, -0.25) is 13.9 Å². The van der Waals surface area contributed by atoms with E-state index in [0.29, 0.717) is 22.3 Å². The zero-order chi connectivity index (χ0) is 22.2. The van der Waals surface area contributed by atoms with Crippen LogP contribution in [0, 0.1) is 6.92 Å². The van der Waals surface area contributed by atoms with Crippen molar-refractivity contribution in [2.75, 3.05) is 11.8 Å². The van der Waals surface area contributed by atoms with Crippen LogP contribution >= 0.6 is 11.6 Å². The smallest absolute Gasteiger partial charge is 0.281 e. The second-order valence-corrected chi connectivity index (χ2v) is 8.57. The summed E-state index contributed by atoms with van der Waals surface area (Å²) in [5, 5.41) is -0.335. The Morgan fingerprint density at radius 3 is 2.65 bits per heavy atom. The summed E-state index contributed by atoms with van der Waals surface area (Å²) in [5.41, 5.74) is 2.08. The van der Waals surface area contributed by atoms with Crippen molar-refractivity contribution in [2.45, 2.75) is 11.9 Å². The number of nitrogens with zero attached hydrogens (tertiary/aromatic N) is 4. The number of halogens is 1. The molecule has 0 atom stereocenters. The number of nitrogens with one attached hydrogen (secondary N) is 1. The lowest BCUT2D eigenvalue weighted by molar-refractivity contribution is 0.400. The number of aryl methyl sites for hydroxylation is 1. The molecule has 0 aromatic carbocycles. The highest BCUT2D eigenvalue weighted by Crippen LogP contribution is 2.30. The first-order valence-electron chi connectivity index (χ1n) is 8.96. The molecule has 4 rings (SSSR count). The van der Waals surface area contributed by atoms with Crippen LogP contribution < -0.4 is 15.0 Å². The topological polar surface area (TPSA) is 116 Å². The molecule has 0 spiro atoms. The third kappa shape index (κ3) is 3.94. The largest absolute Gasteiger partial charge is 0.480 e. The molecule has 0 aliphatic carbocycles. The van der Waals surface area contributed by atoms with Crippen molar-refractivity contribution in [3.8, 4) is 17.0 Å². The average Bonchev–Trinajstić information content (AvgIpc) is 2.76. The molecule has 0 amide bonds. The van der Waals surface area contributed by atoms with Crippen molar-refractivity contribution in [1.82, 2.24) is 19.4 Å². The Hall–Kier alpha value is -3.50. The van der Waals surface area contributed by atoms with Crippen molar-refractivity contribution in [1.29, 1.82) is 0 Å². The molecule has 158 valence electrons. The maximum absolute atomic E-state index is 12.8. The van der Waals surface area contributed by atoms with Gasteiger partial charge >= 0.3 is 0 Å². The van der Waals surface area contributed by atoms with Crippen LogP contribution in [0.1, 0.15) is 5.56 Å². The zero-order valence-corrected chi connectivity index (χ0v) is 18.0. The molecule has 0 bridgehead atoms. The quantitative estimate of drug-likeness (QED) is 0.489. The van der Waals surface area contributed by atoms with Crippen molar-refractivity contribution in [3.63, 3.8) is 0 Å². The second kappa shape index (κ2) is 7.97. The van der Waals surface area contributed by atoms with Crippen LogP contribution in [0.5, 0.6) is 5.88 Å². The Morgan fingerprint density at radius 1 is 1.10 bits per heavy atom. The molecule has 11 heteroatoms. The molecule has 1 N–H and O–H groups in total. The third-order valence-corrected chi connectivity index (χ3v) is 6.22. The lowest BCUT2D eigenvalue weighted by Gasteiger charge is -2.13. The zero-order valence-electron chi connectivity index (χ0n) is 16.4. The standard InChI is InChI=1S/C20H16ClN5O4S/c1-12-9-23-17-6-5-13(11-26(17)20(12)27)14-8-16(18(30-2)24-10-14)25-31(28,29)19-15(21)4-3-7-22-19/h3-11,25H,1-2H3. The molecule has 0 unspecified atom stereocenters. The number of pyridine rings is 3. The number of rotatable bonds is 5. The molecule has 0 radical (unpaired) electrons. The summed E-state index contributed by atoms with van der Waals surface area (Å²) in [6.07, 6.45) is 5.98. The van der Waals surface area contributed by atoms with Crippen LogP contribution in [-0.4, -0.2) is 34.9 Å². The number of fused-ring (bicyclic) bond motifs is 1. The van der Waals surface area contributed by atoms with Gasteiger partial charge in [0.05, 0.1) is 12.1 Å². The first-order chi connectivity index (χ1) is 14.8. The van der Waals surface area contributed by atoms with Gasteiger partial charge in [0.25, 0.3) is 15.6 Å². The SMILES string of the molecule is COc1ncc(-c2ccc3ncc(C)c(=O)n3c2)cc1NS(=O)(=O)c1ncccc1Cl. The molecule has 4 aromatic rings. The van der Waals surface area contributed by atoms with Crippen LogP contribution in [0.4, 0.5) is 5.69 Å². The fraction of sp³-hybridized carbons (Fsp3) is 0.100. The van der Waals surface area contributed by atoms with Crippen molar-refractivity contribution < 1.29 is 13.2 Å². The Kier molecular flexibility index (Phi) is 5.34. The van der Waals surface area contributed by atoms with Crippen LogP contribution in [0.3, 0.4) is 0 Å². The van der Waals surface area contributed by atoms with E-state index in [4.69, 9.17) is 16.3 Å². The second-order valence-electron chi connectivity index (χ2n) is 6.57. The fourth-order valence-corrected chi connectivity index (χ4v) is 4.43. The summed E-state index contributed by atoms with van der Waals surface area (Å²) in [5.74, 6) is 0.0647. The van der Waals surface area contributed by atoms with Crippen molar-refractivity contribution >= 4 is 33.0 Å². The third-order valence-electron chi connectivity index (χ3n) is 4.47. The van der Waals surface area contributed by atoms with E-state index < -0.39 is 10.0 Å². The first kappa shape index (κ1) is 20.8. The molecule has 4 aromatic heterocycles. The van der Waals surface area contributed by atoms with E-state index in [1.807, 2.05) is 0 Å². The van der Waals surface area contributed by atoms with Crippen molar-refractivity contribution in [2.24, 2.45) is 0 Å². The van der Waals surface area contributed by atoms with Crippen LogP contribution in [0.25, 0.3) is 16.8 Å². The predicted molar refractivity (Wildman–Crippen MR) is 116 cm³/mol. The molecule has 0 aliphatic rings. The minimum Gasteiger partial charge on any atom is -0.480 e. The van der Waals surface area contributed by atoms with Gasteiger partial charge in [-0.25, -0.2) is 15.0 Å². The van der Waals surface area contributed by atoms with E-state index in [0.717, 1.165) is 0 Å². The molecule has 31 heavy (non-hydrogen) atoms. The molecule has 0 aliphatic heterocycles. The van der Waals surface area contributed by atoms with Gasteiger partial charge < -0.3 is 4.74 Å². The Morgan fingerprint density at radius 2 is 1.90 bits per heavy atom. The van der Waals surface area contributed by atoms with Crippen LogP contribution in [-0.2, 0) is 10.0 Å². The summed E-state index contributed by atoms with van der Waals surface area (Å²) >= 11 is 5.99. The molecule has 0 fully saturated rings. The number of aromatic nitrogens is 4. The van der Waals surface area contributed by atoms with Gasteiger partial charge in [0.2, 0.25) is 5.88 Å². The lowest BCUT2D eigenvalue weighted by atomic mass is 10.1. The molecule has 4 heterocycles. The minimum atomic E-state index is -4.10. The van der Waals surface area contributed by atoms with Gasteiger partial charge in [-0.2, -0.15) is 8.42 Å². The van der Waals surface area contributed by atoms with E-state index in [-0.39, 0.29) is 27.2 Å². The highest BCUT2D eigenvalue weighted by atomic mass is 35.5. The molecule has 9 nitrogen and oxygen atoms in total. The van der Waals surface area contributed by atoms with E-state index in [1.54, 1.807) is 31.3 Å². The Bertz CT molecular complexity index is 1470. The number of ether oxygens (including phenoxy) is 1. The first-order valence-corrected chi connectivity index (χ1v) is 10.8. The van der Waals surface area contributed by atoms with Gasteiger partial charge in [0, 0.05) is 41.5 Å². The number of anilines is 1. The monoisotopic (exact) mass is 457 g/mol. The molecular formula is C20H16ClN5O4S. The van der Waals surface area contributed by atoms with Crippen LogP contribution in [0.15, 0.2) is 64.9 Å². The predicted octanol–water partition coefficient (Wildman–Crippen LogP) is 2.92. The normalized spacial score (nSPS) is 11.5. The number of methoxy groups -OCH3 is 1. The summed E-state index contributed by atoms with van der Waals surface area (Å²) < 4.78 is 34.6. The highest BCUT2D eigenvalue weighted by molar-refractivity contribution is 7.92. The van der Waals surface area contributed by atoms with Gasteiger partial charge in [-0.15, -0.1) is 0 Å². The Labute approximate surface area is 182 Å². The number of hydrogen-bond donors (Lipinski definition) is 1. The van der Waals surface area contributed by atoms with Crippen molar-refractivity contribution in [3.05, 3.63) is 76.1 Å². The molecule has 0 saturated carbocycles. The summed E-state index contributed by atoms with van der Waals surface area (Å²) in [6, 6.07) is 7.96. The number of sulfonamides is 1. The minimum absolute atomic E-state index is 0.0187. The molecule has 0 saturated heterocycles. The van der Waals surface area contributed by atoms with Gasteiger partial charge in [-0.1, -0.05) is 11.6 Å². The summed E-state index contributed by atoms with van der Waals surface area (Å²) in [7, 11) is -2.73. The van der Waals surface area contributed by atoms with Gasteiger partial charge in [0.15, 0.2) is 5.03 Å². The summed E-state index contributed by atoms with van der Waals surface area (Å²) in [4.78, 5) is 24.7. The lowest BCUT2D eigenvalue weighted by Crippen LogP contribution is -2.17. The van der Waals surface area contributed by atoms with E-state index in [9.17, 15) is 13.2 Å². The highest BCUT2D eigenvalue weighted by Gasteiger charge is 2.22. The maximum Gasteiger partial charge on any atom is 0.281 e. The summed E-state index contributed by atoms with van der Waals surface area (Å²) in [6.45, 7) is 1.68. The van der Waals surface area contributed by atoms with Gasteiger partial charge in [-0.05, 0) is 37.3 Å². The van der Waals surface area contributed by atoms with E-state index in [1.165, 1.54) is 42.2 Å². The fourth-order valence-electron chi connectivity index (χ4n) is 2.95. The Balaban J connectivity index is 1.80. The number of hydrogen-bond acceptors (Lipinski definition) is 7.